The summed E-state index contributed by atoms with van der Waals surface area (Å²) in [5.41, 5.74) is 1.90. The number of ether oxygens (including phenoxy) is 1. The van der Waals surface area contributed by atoms with Crippen molar-refractivity contribution in [3.63, 3.8) is 0 Å². The molecule has 1 amide bonds. The van der Waals surface area contributed by atoms with Crippen LogP contribution in [0.4, 0.5) is 0 Å². The molecule has 2 aliphatic rings. The van der Waals surface area contributed by atoms with Gasteiger partial charge in [-0.05, 0) is 67.9 Å². The van der Waals surface area contributed by atoms with Gasteiger partial charge in [0, 0.05) is 6.42 Å². The highest BCUT2D eigenvalue weighted by atomic mass is 16.5. The Hall–Kier alpha value is -2.60. The third-order valence-electron chi connectivity index (χ3n) is 5.77. The minimum absolute atomic E-state index is 0.0375. The number of rotatable bonds is 5. The first-order chi connectivity index (χ1) is 14.2. The molecular weight excluding hydrogens is 366 g/mol. The van der Waals surface area contributed by atoms with Crippen LogP contribution in [0.1, 0.15) is 55.9 Å². The number of amides is 1. The Morgan fingerprint density at radius 2 is 1.83 bits per heavy atom. The van der Waals surface area contributed by atoms with Crippen molar-refractivity contribution in [2.45, 2.75) is 44.6 Å². The second-order valence-electron chi connectivity index (χ2n) is 7.79. The third kappa shape index (κ3) is 4.70. The molecule has 0 radical (unpaired) electrons. The van der Waals surface area contributed by atoms with Crippen LogP contribution in [0.5, 0.6) is 5.75 Å². The Morgan fingerprint density at radius 1 is 1.10 bits per heavy atom. The Bertz CT molecular complexity index is 822. The molecule has 1 atom stereocenters. The number of carbonyl (C=O) groups excluding carboxylic acids is 1. The van der Waals surface area contributed by atoms with Gasteiger partial charge in [0.1, 0.15) is 17.6 Å². The Labute approximate surface area is 172 Å². The molecule has 1 saturated heterocycles. The van der Waals surface area contributed by atoms with Crippen molar-refractivity contribution in [3.05, 3.63) is 54.0 Å². The highest BCUT2D eigenvalue weighted by Gasteiger charge is 2.35. The van der Waals surface area contributed by atoms with E-state index in [4.69, 9.17) is 14.3 Å². The van der Waals surface area contributed by atoms with Gasteiger partial charge in [0.2, 0.25) is 0 Å². The molecule has 0 aliphatic carbocycles. The van der Waals surface area contributed by atoms with Gasteiger partial charge in [-0.2, -0.15) is 5.10 Å². The molecule has 0 bridgehead atoms. The smallest absolute Gasteiger partial charge is 0.257 e. The van der Waals surface area contributed by atoms with Crippen LogP contribution in [-0.4, -0.2) is 48.3 Å². The summed E-state index contributed by atoms with van der Waals surface area (Å²) >= 11 is 0. The molecule has 0 unspecified atom stereocenters. The molecule has 2 aromatic rings. The lowest BCUT2D eigenvalue weighted by Gasteiger charge is -2.27. The first kappa shape index (κ1) is 19.7. The fourth-order valence-electron chi connectivity index (χ4n) is 4.14. The topological polar surface area (TPSA) is 58.3 Å². The van der Waals surface area contributed by atoms with Gasteiger partial charge in [0.05, 0.1) is 25.6 Å². The number of hydrogen-bond acceptors (Lipinski definition) is 5. The van der Waals surface area contributed by atoms with Crippen LogP contribution >= 0.6 is 0 Å². The Balaban J connectivity index is 1.53. The SMILES string of the molecule is COc1ccc(C2=NN(C(=O)CN3CCCCCCC3)[C@H](c3ccco3)C2)cc1. The lowest BCUT2D eigenvalue weighted by atomic mass is 10.0. The highest BCUT2D eigenvalue weighted by molar-refractivity contribution is 6.03. The zero-order valence-corrected chi connectivity index (χ0v) is 17.0. The van der Waals surface area contributed by atoms with Crippen LogP contribution in [-0.2, 0) is 4.79 Å². The van der Waals surface area contributed by atoms with Gasteiger partial charge in [-0.1, -0.05) is 19.3 Å². The van der Waals surface area contributed by atoms with Crippen LogP contribution < -0.4 is 4.74 Å². The van der Waals surface area contributed by atoms with Gasteiger partial charge in [-0.3, -0.25) is 9.69 Å². The summed E-state index contributed by atoms with van der Waals surface area (Å²) in [6, 6.07) is 11.4. The monoisotopic (exact) mass is 395 g/mol. The molecule has 0 saturated carbocycles. The van der Waals surface area contributed by atoms with Gasteiger partial charge < -0.3 is 9.15 Å². The van der Waals surface area contributed by atoms with Crippen molar-refractivity contribution in [1.29, 1.82) is 0 Å². The first-order valence-corrected chi connectivity index (χ1v) is 10.5. The van der Waals surface area contributed by atoms with E-state index in [-0.39, 0.29) is 11.9 Å². The van der Waals surface area contributed by atoms with E-state index >= 15 is 0 Å². The third-order valence-corrected chi connectivity index (χ3v) is 5.77. The Morgan fingerprint density at radius 3 is 2.48 bits per heavy atom. The summed E-state index contributed by atoms with van der Waals surface area (Å²) in [5, 5.41) is 6.37. The summed E-state index contributed by atoms with van der Waals surface area (Å²) in [4.78, 5) is 15.5. The summed E-state index contributed by atoms with van der Waals surface area (Å²) < 4.78 is 10.9. The van der Waals surface area contributed by atoms with E-state index < -0.39 is 0 Å². The maximum absolute atomic E-state index is 13.2. The van der Waals surface area contributed by atoms with Gasteiger partial charge in [0.15, 0.2) is 0 Å². The minimum atomic E-state index is -0.190. The molecule has 1 fully saturated rings. The van der Waals surface area contributed by atoms with Gasteiger partial charge >= 0.3 is 0 Å². The van der Waals surface area contributed by atoms with Crippen molar-refractivity contribution in [3.8, 4) is 5.75 Å². The quantitative estimate of drug-likeness (QED) is 0.760. The van der Waals surface area contributed by atoms with E-state index in [9.17, 15) is 4.79 Å². The van der Waals surface area contributed by atoms with Crippen molar-refractivity contribution < 1.29 is 13.9 Å². The van der Waals surface area contributed by atoms with Crippen molar-refractivity contribution in [2.75, 3.05) is 26.7 Å². The van der Waals surface area contributed by atoms with Crippen LogP contribution in [0.15, 0.2) is 52.2 Å². The largest absolute Gasteiger partial charge is 0.497 e. The molecule has 1 aromatic heterocycles. The summed E-state index contributed by atoms with van der Waals surface area (Å²) in [6.45, 7) is 2.39. The second kappa shape index (κ2) is 9.27. The molecule has 29 heavy (non-hydrogen) atoms. The van der Waals surface area contributed by atoms with Gasteiger partial charge in [-0.15, -0.1) is 0 Å². The molecular formula is C23H29N3O3. The van der Waals surface area contributed by atoms with E-state index in [0.29, 0.717) is 13.0 Å². The van der Waals surface area contributed by atoms with E-state index in [1.807, 2.05) is 36.4 Å². The molecule has 6 nitrogen and oxygen atoms in total. The van der Waals surface area contributed by atoms with Crippen LogP contribution in [0.25, 0.3) is 0 Å². The number of likely N-dealkylation sites (tertiary alicyclic amines) is 1. The first-order valence-electron chi connectivity index (χ1n) is 10.5. The van der Waals surface area contributed by atoms with Crippen LogP contribution in [0.2, 0.25) is 0 Å². The standard InChI is InChI=1S/C23H29N3O3/c1-28-19-11-9-18(10-12-19)20-16-21(22-8-7-15-29-22)26(24-20)23(27)17-25-13-5-3-2-4-6-14-25/h7-12,15,21H,2-6,13-14,16-17H2,1H3/t21-/m0/s1. The average Bonchev–Trinajstić information content (AvgIpc) is 3.39. The number of hydrogen-bond donors (Lipinski definition) is 0. The fourth-order valence-corrected chi connectivity index (χ4v) is 4.14. The number of carbonyl (C=O) groups is 1. The molecule has 3 heterocycles. The van der Waals surface area contributed by atoms with Gasteiger partial charge in [0.25, 0.3) is 5.91 Å². The van der Waals surface area contributed by atoms with E-state index in [1.165, 1.54) is 19.3 Å². The van der Waals surface area contributed by atoms with E-state index in [1.54, 1.807) is 18.4 Å². The maximum atomic E-state index is 13.2. The van der Waals surface area contributed by atoms with Crippen molar-refractivity contribution in [1.82, 2.24) is 9.91 Å². The predicted molar refractivity (Wildman–Crippen MR) is 112 cm³/mol. The van der Waals surface area contributed by atoms with E-state index in [0.717, 1.165) is 48.7 Å². The fraction of sp³-hybridized carbons (Fsp3) is 0.478. The molecule has 1 aromatic carbocycles. The second-order valence-corrected chi connectivity index (χ2v) is 7.79. The maximum Gasteiger partial charge on any atom is 0.257 e. The molecule has 154 valence electrons. The van der Waals surface area contributed by atoms with Crippen molar-refractivity contribution >= 4 is 11.6 Å². The zero-order chi connectivity index (χ0) is 20.1. The number of benzene rings is 1. The normalized spacial score (nSPS) is 20.8. The van der Waals surface area contributed by atoms with Crippen LogP contribution in [0.3, 0.4) is 0 Å². The minimum Gasteiger partial charge on any atom is -0.497 e. The Kier molecular flexibility index (Phi) is 6.30. The molecule has 0 spiro atoms. The molecule has 0 N–H and O–H groups in total. The number of furan rings is 1. The lowest BCUT2D eigenvalue weighted by Crippen LogP contribution is -2.39. The molecule has 4 rings (SSSR count). The number of hydrazone groups is 1. The number of nitrogens with zero attached hydrogens (tertiary/aromatic N) is 3. The van der Waals surface area contributed by atoms with Crippen LogP contribution in [0, 0.1) is 0 Å². The lowest BCUT2D eigenvalue weighted by molar-refractivity contribution is -0.134. The highest BCUT2D eigenvalue weighted by Crippen LogP contribution is 2.33. The van der Waals surface area contributed by atoms with Crippen molar-refractivity contribution in [2.24, 2.45) is 5.10 Å². The average molecular weight is 396 g/mol. The molecule has 2 aliphatic heterocycles. The summed E-state index contributed by atoms with van der Waals surface area (Å²) in [6.07, 6.45) is 8.44. The van der Waals surface area contributed by atoms with Gasteiger partial charge in [-0.25, -0.2) is 5.01 Å². The summed E-state index contributed by atoms with van der Waals surface area (Å²) in [7, 11) is 1.65. The number of methoxy groups -OCH3 is 1. The molecule has 6 heteroatoms. The summed E-state index contributed by atoms with van der Waals surface area (Å²) in [5.74, 6) is 1.62. The predicted octanol–water partition coefficient (Wildman–Crippen LogP) is 4.23. The van der Waals surface area contributed by atoms with E-state index in [2.05, 4.69) is 4.90 Å². The zero-order valence-electron chi connectivity index (χ0n) is 17.0.